The first-order chi connectivity index (χ1) is 9.83. The second-order valence-electron chi connectivity index (χ2n) is 5.73. The van der Waals surface area contributed by atoms with Crippen molar-refractivity contribution in [1.82, 2.24) is 5.32 Å². The van der Waals surface area contributed by atoms with Gasteiger partial charge in [0.15, 0.2) is 0 Å². The van der Waals surface area contributed by atoms with Gasteiger partial charge in [-0.2, -0.15) is 0 Å². The third-order valence-electron chi connectivity index (χ3n) is 4.64. The largest absolute Gasteiger partial charge is 0.313 e. The number of hydrogen-bond acceptors (Lipinski definition) is 1. The maximum absolute atomic E-state index is 3.52. The summed E-state index contributed by atoms with van der Waals surface area (Å²) in [5.41, 5.74) is 6.04. The molecule has 0 saturated heterocycles. The van der Waals surface area contributed by atoms with Crippen molar-refractivity contribution in [1.29, 1.82) is 0 Å². The lowest BCUT2D eigenvalue weighted by Crippen LogP contribution is -2.25. The summed E-state index contributed by atoms with van der Waals surface area (Å²) in [6.07, 6.45) is 3.54. The summed E-state index contributed by atoms with van der Waals surface area (Å²) < 4.78 is 0. The summed E-state index contributed by atoms with van der Waals surface area (Å²) >= 11 is 0. The van der Waals surface area contributed by atoms with Crippen LogP contribution in [-0.2, 0) is 12.8 Å². The molecule has 0 heterocycles. The Balaban J connectivity index is 1.79. The fourth-order valence-corrected chi connectivity index (χ4v) is 3.45. The van der Waals surface area contributed by atoms with Gasteiger partial charge in [0.2, 0.25) is 0 Å². The molecule has 2 aromatic rings. The van der Waals surface area contributed by atoms with Gasteiger partial charge in [0.25, 0.3) is 0 Å². The van der Waals surface area contributed by atoms with E-state index in [1.807, 2.05) is 0 Å². The fourth-order valence-electron chi connectivity index (χ4n) is 3.45. The average Bonchev–Trinajstić information content (AvgIpc) is 2.49. The highest BCUT2D eigenvalue weighted by molar-refractivity contribution is 5.41. The molecule has 0 aliphatic heterocycles. The van der Waals surface area contributed by atoms with Crippen LogP contribution < -0.4 is 5.32 Å². The van der Waals surface area contributed by atoms with Crippen molar-refractivity contribution in [2.24, 2.45) is 0 Å². The lowest BCUT2D eigenvalue weighted by Gasteiger charge is -2.33. The molecule has 1 nitrogen and oxygen atoms in total. The Morgan fingerprint density at radius 1 is 1.10 bits per heavy atom. The number of aryl methyl sites for hydroxylation is 1. The summed E-state index contributed by atoms with van der Waals surface area (Å²) in [6.45, 7) is 2.24. The number of rotatable bonds is 5. The minimum atomic E-state index is 0.463. The number of fused-ring (bicyclic) bond motifs is 1. The minimum absolute atomic E-state index is 0.463. The molecule has 0 radical (unpaired) electrons. The lowest BCUT2D eigenvalue weighted by atomic mass is 9.73. The van der Waals surface area contributed by atoms with Crippen LogP contribution in [0.3, 0.4) is 0 Å². The van der Waals surface area contributed by atoms with Crippen LogP contribution in [0.15, 0.2) is 48.5 Å². The molecule has 0 saturated carbocycles. The van der Waals surface area contributed by atoms with Crippen molar-refractivity contribution in [3.05, 3.63) is 70.8 Å². The molecule has 0 aromatic heterocycles. The number of nitrogens with one attached hydrogen (secondary N) is 1. The van der Waals surface area contributed by atoms with Crippen molar-refractivity contribution < 1.29 is 0 Å². The van der Waals surface area contributed by atoms with Crippen LogP contribution in [0.2, 0.25) is 0 Å². The first-order valence-electron chi connectivity index (χ1n) is 7.66. The van der Waals surface area contributed by atoms with Crippen molar-refractivity contribution in [3.63, 3.8) is 0 Å². The SMILES string of the molecule is CCc1ccccc1C(CC1Cc2ccccc21)NC. The molecule has 20 heavy (non-hydrogen) atoms. The molecule has 1 heteroatoms. The van der Waals surface area contributed by atoms with Gasteiger partial charge in [0.1, 0.15) is 0 Å². The Morgan fingerprint density at radius 3 is 2.60 bits per heavy atom. The van der Waals surface area contributed by atoms with Crippen molar-refractivity contribution in [2.75, 3.05) is 7.05 Å². The van der Waals surface area contributed by atoms with Crippen LogP contribution in [0.4, 0.5) is 0 Å². The second-order valence-corrected chi connectivity index (χ2v) is 5.73. The normalized spacial score (nSPS) is 18.2. The van der Waals surface area contributed by atoms with E-state index in [0.29, 0.717) is 12.0 Å². The minimum Gasteiger partial charge on any atom is -0.313 e. The lowest BCUT2D eigenvalue weighted by molar-refractivity contribution is 0.450. The fraction of sp³-hybridized carbons (Fsp3) is 0.368. The van der Waals surface area contributed by atoms with Gasteiger partial charge in [-0.15, -0.1) is 0 Å². The molecule has 0 spiro atoms. The molecule has 1 aliphatic rings. The highest BCUT2D eigenvalue weighted by Crippen LogP contribution is 2.41. The molecule has 0 amide bonds. The van der Waals surface area contributed by atoms with Crippen molar-refractivity contribution in [3.8, 4) is 0 Å². The summed E-state index contributed by atoms with van der Waals surface area (Å²) in [4.78, 5) is 0. The summed E-state index contributed by atoms with van der Waals surface area (Å²) in [5.74, 6) is 0.716. The molecular formula is C19H23N. The Bertz CT molecular complexity index is 588. The molecule has 1 aliphatic carbocycles. The van der Waals surface area contributed by atoms with E-state index in [9.17, 15) is 0 Å². The Labute approximate surface area is 122 Å². The predicted octanol–water partition coefficient (Wildman–Crippen LogP) is 4.24. The van der Waals surface area contributed by atoms with E-state index in [-0.39, 0.29) is 0 Å². The quantitative estimate of drug-likeness (QED) is 0.852. The number of hydrogen-bond donors (Lipinski definition) is 1. The van der Waals surface area contributed by atoms with Crippen molar-refractivity contribution >= 4 is 0 Å². The summed E-state index contributed by atoms with van der Waals surface area (Å²) in [5, 5.41) is 3.52. The van der Waals surface area contributed by atoms with Gasteiger partial charge in [-0.05, 0) is 54.5 Å². The van der Waals surface area contributed by atoms with Gasteiger partial charge >= 0.3 is 0 Å². The summed E-state index contributed by atoms with van der Waals surface area (Å²) in [6, 6.07) is 18.2. The molecule has 0 bridgehead atoms. The predicted molar refractivity (Wildman–Crippen MR) is 85.1 cm³/mol. The van der Waals surface area contributed by atoms with Crippen LogP contribution in [0, 0.1) is 0 Å². The topological polar surface area (TPSA) is 12.0 Å². The Hall–Kier alpha value is -1.60. The van der Waals surface area contributed by atoms with Crippen LogP contribution in [0.5, 0.6) is 0 Å². The zero-order valence-corrected chi connectivity index (χ0v) is 12.4. The summed E-state index contributed by atoms with van der Waals surface area (Å²) in [7, 11) is 2.08. The zero-order chi connectivity index (χ0) is 13.9. The van der Waals surface area contributed by atoms with E-state index in [1.54, 1.807) is 5.56 Å². The third kappa shape index (κ3) is 2.38. The molecular weight excluding hydrogens is 242 g/mol. The smallest absolute Gasteiger partial charge is 0.0326 e. The molecule has 2 aromatic carbocycles. The van der Waals surface area contributed by atoms with Gasteiger partial charge in [-0.1, -0.05) is 55.5 Å². The van der Waals surface area contributed by atoms with E-state index in [2.05, 4.69) is 67.8 Å². The van der Waals surface area contributed by atoms with E-state index >= 15 is 0 Å². The van der Waals surface area contributed by atoms with Crippen LogP contribution in [0.1, 0.15) is 47.6 Å². The maximum Gasteiger partial charge on any atom is 0.0326 e. The standard InChI is InChI=1S/C19H23N/c1-3-14-8-4-7-11-18(14)19(20-2)13-16-12-15-9-5-6-10-17(15)16/h4-11,16,19-20H,3,12-13H2,1-2H3. The van der Waals surface area contributed by atoms with Crippen LogP contribution in [0.25, 0.3) is 0 Å². The van der Waals surface area contributed by atoms with Gasteiger partial charge in [-0.3, -0.25) is 0 Å². The van der Waals surface area contributed by atoms with Crippen LogP contribution >= 0.6 is 0 Å². The molecule has 3 rings (SSSR count). The van der Waals surface area contributed by atoms with E-state index in [4.69, 9.17) is 0 Å². The number of benzene rings is 2. The maximum atomic E-state index is 3.52. The first kappa shape index (κ1) is 13.4. The highest BCUT2D eigenvalue weighted by Gasteiger charge is 2.28. The molecule has 104 valence electrons. The van der Waals surface area contributed by atoms with Gasteiger partial charge < -0.3 is 5.32 Å². The second kappa shape index (κ2) is 5.80. The third-order valence-corrected chi connectivity index (χ3v) is 4.64. The van der Waals surface area contributed by atoms with E-state index in [0.717, 1.165) is 6.42 Å². The molecule has 2 unspecified atom stereocenters. The first-order valence-corrected chi connectivity index (χ1v) is 7.66. The van der Waals surface area contributed by atoms with E-state index < -0.39 is 0 Å². The van der Waals surface area contributed by atoms with Crippen LogP contribution in [-0.4, -0.2) is 7.05 Å². The van der Waals surface area contributed by atoms with Gasteiger partial charge in [0, 0.05) is 6.04 Å². The molecule has 0 fully saturated rings. The molecule has 2 atom stereocenters. The van der Waals surface area contributed by atoms with Gasteiger partial charge in [0.05, 0.1) is 0 Å². The van der Waals surface area contributed by atoms with E-state index in [1.165, 1.54) is 29.5 Å². The van der Waals surface area contributed by atoms with Gasteiger partial charge in [-0.25, -0.2) is 0 Å². The average molecular weight is 265 g/mol. The Morgan fingerprint density at radius 2 is 1.85 bits per heavy atom. The highest BCUT2D eigenvalue weighted by atomic mass is 14.9. The Kier molecular flexibility index (Phi) is 3.88. The molecule has 1 N–H and O–H groups in total. The monoisotopic (exact) mass is 265 g/mol. The zero-order valence-electron chi connectivity index (χ0n) is 12.4. The van der Waals surface area contributed by atoms with Crippen molar-refractivity contribution in [2.45, 2.75) is 38.1 Å².